The van der Waals surface area contributed by atoms with E-state index in [1.165, 1.54) is 0 Å². The molecule has 1 saturated carbocycles. The highest BCUT2D eigenvalue weighted by Gasteiger charge is 2.58. The molecule has 8 heteroatoms. The summed E-state index contributed by atoms with van der Waals surface area (Å²) in [7, 11) is 0. The fourth-order valence-corrected chi connectivity index (χ4v) is 13.3. The van der Waals surface area contributed by atoms with Gasteiger partial charge < -0.3 is 19.6 Å². The van der Waals surface area contributed by atoms with Crippen LogP contribution in [0.3, 0.4) is 0 Å². The van der Waals surface area contributed by atoms with Gasteiger partial charge in [0.2, 0.25) is 0 Å². The standard InChI is InChI=1S/C65H52N8/c1-40-15-13-16-41(2)60(40)72-54-33-46(44-19-9-7-10-20-44)23-25-50(54)70(52-27-31-68-37-56(52)72)62-48(35-66)58-59(65(6)30-29-64(58,5)39-65)63(49(62)36-67)71-51-26-24-47(45-21-11-8-12-22-45)34-55(51)73(57-38-69-32-28-53(57)71)61-42(3)17-14-18-43(61)4/h7-28,31-34,37-38H,29-30,39H2,1-6H3. The number of hydrogen-bond acceptors (Lipinski definition) is 8. The summed E-state index contributed by atoms with van der Waals surface area (Å²) in [6.45, 7) is 13.4. The number of aryl methyl sites for hydroxylation is 4. The minimum atomic E-state index is -0.324. The number of nitriles is 2. The number of benzene rings is 7. The van der Waals surface area contributed by atoms with Crippen LogP contribution in [0.15, 0.2) is 170 Å². The van der Waals surface area contributed by atoms with Gasteiger partial charge in [-0.15, -0.1) is 0 Å². The molecule has 2 aromatic heterocycles. The Morgan fingerprint density at radius 1 is 0.397 bits per heavy atom. The minimum Gasteiger partial charge on any atom is -0.304 e. The summed E-state index contributed by atoms with van der Waals surface area (Å²) in [5, 5.41) is 24.3. The molecule has 9 aromatic rings. The zero-order valence-corrected chi connectivity index (χ0v) is 41.9. The molecule has 8 nitrogen and oxygen atoms in total. The summed E-state index contributed by atoms with van der Waals surface area (Å²) in [4.78, 5) is 18.9. The fourth-order valence-electron chi connectivity index (χ4n) is 13.3. The van der Waals surface area contributed by atoms with Crippen molar-refractivity contribution >= 4 is 68.2 Å². The second kappa shape index (κ2) is 16.3. The van der Waals surface area contributed by atoms with Gasteiger partial charge in [-0.2, -0.15) is 10.5 Å². The van der Waals surface area contributed by atoms with Gasteiger partial charge in [0.1, 0.15) is 17.7 Å². The first-order chi connectivity index (χ1) is 35.5. The van der Waals surface area contributed by atoms with Gasteiger partial charge in [-0.25, -0.2) is 0 Å². The lowest BCUT2D eigenvalue weighted by molar-refractivity contribution is 0.484. The Hall–Kier alpha value is -8.98. The van der Waals surface area contributed by atoms with Crippen molar-refractivity contribution in [3.8, 4) is 34.4 Å². The molecule has 4 heterocycles. The van der Waals surface area contributed by atoms with Crippen LogP contribution in [0.1, 0.15) is 77.6 Å². The van der Waals surface area contributed by atoms with E-state index in [-0.39, 0.29) is 10.8 Å². The van der Waals surface area contributed by atoms with E-state index in [0.717, 1.165) is 137 Å². The number of anilines is 12. The van der Waals surface area contributed by atoms with Gasteiger partial charge in [-0.1, -0.05) is 123 Å². The van der Waals surface area contributed by atoms with Crippen LogP contribution in [0.25, 0.3) is 22.3 Å². The van der Waals surface area contributed by atoms with Crippen molar-refractivity contribution in [3.63, 3.8) is 0 Å². The Bertz CT molecular complexity index is 3830. The molecule has 0 radical (unpaired) electrons. The highest BCUT2D eigenvalue weighted by molar-refractivity contribution is 6.09. The van der Waals surface area contributed by atoms with Crippen molar-refractivity contribution in [2.45, 2.75) is 71.6 Å². The third-order valence-corrected chi connectivity index (χ3v) is 16.3. The number of pyridine rings is 2. The molecule has 0 amide bonds. The molecule has 73 heavy (non-hydrogen) atoms. The highest BCUT2D eigenvalue weighted by Crippen LogP contribution is 2.69. The van der Waals surface area contributed by atoms with Crippen LogP contribution in [0.4, 0.5) is 68.2 Å². The lowest BCUT2D eigenvalue weighted by Gasteiger charge is -2.45. The molecule has 0 saturated heterocycles. The van der Waals surface area contributed by atoms with Crippen molar-refractivity contribution in [3.05, 3.63) is 215 Å². The number of aromatic nitrogens is 2. The van der Waals surface area contributed by atoms with Crippen molar-refractivity contribution in [2.75, 3.05) is 19.6 Å². The molecule has 7 aromatic carbocycles. The topological polar surface area (TPSA) is 86.3 Å². The number of hydrogen-bond donors (Lipinski definition) is 0. The summed E-state index contributed by atoms with van der Waals surface area (Å²) in [6.07, 6.45) is 10.3. The molecule has 2 atom stereocenters. The van der Waals surface area contributed by atoms with Gasteiger partial charge in [0.05, 0.1) is 86.2 Å². The summed E-state index contributed by atoms with van der Waals surface area (Å²) in [5.41, 5.74) is 22.0. The molecular formula is C65H52N8. The van der Waals surface area contributed by atoms with Crippen LogP contribution in [-0.4, -0.2) is 9.97 Å². The van der Waals surface area contributed by atoms with E-state index in [2.05, 4.69) is 207 Å². The van der Waals surface area contributed by atoms with Gasteiger partial charge >= 0.3 is 0 Å². The van der Waals surface area contributed by atoms with E-state index in [9.17, 15) is 10.5 Å². The monoisotopic (exact) mass is 944 g/mol. The van der Waals surface area contributed by atoms with E-state index in [4.69, 9.17) is 9.97 Å². The normalized spacial score (nSPS) is 17.8. The minimum absolute atomic E-state index is 0.318. The largest absolute Gasteiger partial charge is 0.304 e. The predicted octanol–water partition coefficient (Wildman–Crippen LogP) is 17.0. The van der Waals surface area contributed by atoms with Crippen LogP contribution >= 0.6 is 0 Å². The van der Waals surface area contributed by atoms with E-state index < -0.39 is 0 Å². The van der Waals surface area contributed by atoms with Gasteiger partial charge in [0.25, 0.3) is 0 Å². The smallest absolute Gasteiger partial charge is 0.104 e. The van der Waals surface area contributed by atoms with Crippen molar-refractivity contribution < 1.29 is 0 Å². The maximum absolute atomic E-state index is 12.4. The number of fused-ring (bicyclic) bond motifs is 9. The van der Waals surface area contributed by atoms with E-state index in [1.54, 1.807) is 0 Å². The third kappa shape index (κ3) is 6.36. The molecule has 0 spiro atoms. The summed E-state index contributed by atoms with van der Waals surface area (Å²) in [6, 6.07) is 57.0. The molecule has 4 aliphatic rings. The van der Waals surface area contributed by atoms with Crippen LogP contribution in [0, 0.1) is 50.4 Å². The van der Waals surface area contributed by atoms with Crippen molar-refractivity contribution in [1.29, 1.82) is 10.5 Å². The SMILES string of the molecule is Cc1cccc(C)c1N1c2cnccc2N(c2c(C#N)c(N3c4ccncc4N(c4c(C)cccc4C)c4cc(-c5ccccc5)ccc43)c3c(c2C#N)C2(C)CCC3(C)C2)c2ccc(-c3ccccc3)cc21. The number of para-hydroxylation sites is 2. The molecule has 13 rings (SSSR count). The predicted molar refractivity (Wildman–Crippen MR) is 296 cm³/mol. The summed E-state index contributed by atoms with van der Waals surface area (Å²) < 4.78 is 0. The van der Waals surface area contributed by atoms with Crippen LogP contribution in [0.2, 0.25) is 0 Å². The average Bonchev–Trinajstić information content (AvgIpc) is 3.88. The number of nitrogens with zero attached hydrogens (tertiary/aromatic N) is 8. The summed E-state index contributed by atoms with van der Waals surface area (Å²) in [5.74, 6) is 0. The Morgan fingerprint density at radius 3 is 1.26 bits per heavy atom. The van der Waals surface area contributed by atoms with Gasteiger partial charge in [0.15, 0.2) is 0 Å². The maximum Gasteiger partial charge on any atom is 0.104 e. The second-order valence-electron chi connectivity index (χ2n) is 20.9. The zero-order chi connectivity index (χ0) is 49.9. The Labute approximate surface area is 427 Å². The van der Waals surface area contributed by atoms with Gasteiger partial charge in [-0.3, -0.25) is 9.97 Å². The quantitative estimate of drug-likeness (QED) is 0.163. The Morgan fingerprint density at radius 2 is 0.808 bits per heavy atom. The first-order valence-corrected chi connectivity index (χ1v) is 25.2. The first kappa shape index (κ1) is 44.0. The van der Waals surface area contributed by atoms with E-state index in [1.807, 2.05) is 36.9 Å². The van der Waals surface area contributed by atoms with Crippen LogP contribution in [0.5, 0.6) is 0 Å². The zero-order valence-electron chi connectivity index (χ0n) is 41.9. The molecule has 2 bridgehead atoms. The Kier molecular flexibility index (Phi) is 9.81. The van der Waals surface area contributed by atoms with E-state index in [0.29, 0.717) is 16.8 Å². The molecule has 2 aliphatic heterocycles. The van der Waals surface area contributed by atoms with E-state index >= 15 is 0 Å². The first-order valence-electron chi connectivity index (χ1n) is 25.2. The molecular weight excluding hydrogens is 893 g/mol. The molecule has 0 N–H and O–H groups in total. The Balaban J connectivity index is 1.16. The van der Waals surface area contributed by atoms with Crippen LogP contribution in [-0.2, 0) is 10.8 Å². The second-order valence-corrected chi connectivity index (χ2v) is 20.9. The molecule has 2 aliphatic carbocycles. The molecule has 1 fully saturated rings. The average molecular weight is 945 g/mol. The summed E-state index contributed by atoms with van der Waals surface area (Å²) >= 11 is 0. The third-order valence-electron chi connectivity index (χ3n) is 16.3. The lowest BCUT2D eigenvalue weighted by atomic mass is 9.73. The molecule has 352 valence electrons. The van der Waals surface area contributed by atoms with Crippen molar-refractivity contribution in [1.82, 2.24) is 9.97 Å². The van der Waals surface area contributed by atoms with Crippen LogP contribution < -0.4 is 19.6 Å². The van der Waals surface area contributed by atoms with Gasteiger partial charge in [0, 0.05) is 12.4 Å². The van der Waals surface area contributed by atoms with Gasteiger partial charge in [-0.05, 0) is 150 Å². The van der Waals surface area contributed by atoms with Crippen molar-refractivity contribution in [2.24, 2.45) is 0 Å². The highest BCUT2D eigenvalue weighted by atomic mass is 15.3. The molecule has 2 unspecified atom stereocenters. The number of rotatable bonds is 6. The maximum atomic E-state index is 12.4. The lowest BCUT2D eigenvalue weighted by Crippen LogP contribution is -2.31. The fraction of sp³-hybridized carbons (Fsp3) is 0.169.